The summed E-state index contributed by atoms with van der Waals surface area (Å²) in [5.41, 5.74) is 1.55. The first-order valence-corrected chi connectivity index (χ1v) is 13.3. The predicted molar refractivity (Wildman–Crippen MR) is 126 cm³/mol. The van der Waals surface area contributed by atoms with E-state index in [1.807, 2.05) is 13.0 Å². The number of hydrogen-bond acceptors (Lipinski definition) is 4. The summed E-state index contributed by atoms with van der Waals surface area (Å²) in [6, 6.07) is 0. The van der Waals surface area contributed by atoms with Crippen LogP contribution in [0.15, 0.2) is 11.6 Å². The molecule has 0 aliphatic heterocycles. The molecule has 0 heterocycles. The Bertz CT molecular complexity index is 771. The lowest BCUT2D eigenvalue weighted by Crippen LogP contribution is -2.58. The van der Waals surface area contributed by atoms with E-state index in [0.717, 1.165) is 25.7 Å². The Morgan fingerprint density at radius 2 is 1.94 bits per heavy atom. The van der Waals surface area contributed by atoms with Crippen LogP contribution in [0.3, 0.4) is 0 Å². The summed E-state index contributed by atoms with van der Waals surface area (Å²) in [4.78, 5) is 24.2. The van der Waals surface area contributed by atoms with E-state index < -0.39 is 0 Å². The molecular formula is C28H44O4. The normalized spacial score (nSPS) is 44.2. The van der Waals surface area contributed by atoms with Gasteiger partial charge in [-0.2, -0.15) is 0 Å². The molecule has 3 unspecified atom stereocenters. The van der Waals surface area contributed by atoms with Crippen molar-refractivity contribution in [1.29, 1.82) is 0 Å². The molecule has 0 radical (unpaired) electrons. The number of ketones is 1. The molecule has 0 amide bonds. The second-order valence-electron chi connectivity index (χ2n) is 11.8. The van der Waals surface area contributed by atoms with Crippen molar-refractivity contribution in [3.63, 3.8) is 0 Å². The van der Waals surface area contributed by atoms with Gasteiger partial charge < -0.3 is 9.84 Å². The molecule has 32 heavy (non-hydrogen) atoms. The number of aliphatic hydroxyl groups is 1. The van der Waals surface area contributed by atoms with E-state index in [9.17, 15) is 14.7 Å². The molecule has 4 aliphatic carbocycles. The van der Waals surface area contributed by atoms with Crippen molar-refractivity contribution in [2.24, 2.45) is 46.3 Å². The Morgan fingerprint density at radius 1 is 1.19 bits per heavy atom. The third kappa shape index (κ3) is 3.69. The Morgan fingerprint density at radius 3 is 2.62 bits per heavy atom. The van der Waals surface area contributed by atoms with E-state index in [1.54, 1.807) is 0 Å². The number of carbonyl (C=O) groups excluding carboxylic acids is 2. The second kappa shape index (κ2) is 8.89. The van der Waals surface area contributed by atoms with Crippen LogP contribution in [0.2, 0.25) is 0 Å². The van der Waals surface area contributed by atoms with Crippen LogP contribution in [0.25, 0.3) is 0 Å². The lowest BCUT2D eigenvalue weighted by molar-refractivity contribution is -0.144. The van der Waals surface area contributed by atoms with Gasteiger partial charge in [-0.15, -0.1) is 0 Å². The van der Waals surface area contributed by atoms with E-state index in [0.29, 0.717) is 49.0 Å². The van der Waals surface area contributed by atoms with Gasteiger partial charge in [-0.25, -0.2) is 0 Å². The van der Waals surface area contributed by atoms with Crippen LogP contribution >= 0.6 is 0 Å². The summed E-state index contributed by atoms with van der Waals surface area (Å²) in [6.45, 7) is 11.7. The molecule has 0 bridgehead atoms. The highest BCUT2D eigenvalue weighted by Gasteiger charge is 2.63. The maximum atomic E-state index is 12.3. The Labute approximate surface area is 194 Å². The molecule has 180 valence electrons. The van der Waals surface area contributed by atoms with Crippen molar-refractivity contribution < 1.29 is 19.4 Å². The van der Waals surface area contributed by atoms with E-state index in [-0.39, 0.29) is 34.6 Å². The van der Waals surface area contributed by atoms with Crippen molar-refractivity contribution in [2.75, 3.05) is 6.61 Å². The van der Waals surface area contributed by atoms with Gasteiger partial charge in [0.2, 0.25) is 0 Å². The van der Waals surface area contributed by atoms with Gasteiger partial charge in [-0.05, 0) is 98.4 Å². The summed E-state index contributed by atoms with van der Waals surface area (Å²) < 4.78 is 5.16. The van der Waals surface area contributed by atoms with Crippen LogP contribution in [0.5, 0.6) is 0 Å². The number of ether oxygens (including phenoxy) is 1. The standard InChI is InChI=1S/C28H44O4/c1-6-19-23-16-18(29)12-14-28(23,5)22-13-15-27(4)20(9-10-21(27)25(22)26(19)31)17(3)8-11-24(30)32-7-2/h16-17,19-22,25-26,31H,6-15H2,1-5H3/t17-,19+,20-,21?,22?,25?,26-,27-,28-/m1/s1. The van der Waals surface area contributed by atoms with E-state index in [4.69, 9.17) is 4.74 Å². The zero-order valence-electron chi connectivity index (χ0n) is 20.9. The monoisotopic (exact) mass is 444 g/mol. The molecular weight excluding hydrogens is 400 g/mol. The number of aliphatic hydroxyl groups excluding tert-OH is 1. The number of esters is 1. The fourth-order valence-corrected chi connectivity index (χ4v) is 8.95. The molecule has 9 atom stereocenters. The smallest absolute Gasteiger partial charge is 0.305 e. The van der Waals surface area contributed by atoms with Crippen LogP contribution in [-0.4, -0.2) is 29.6 Å². The van der Waals surface area contributed by atoms with Gasteiger partial charge in [-0.1, -0.05) is 33.3 Å². The van der Waals surface area contributed by atoms with Crippen LogP contribution in [-0.2, 0) is 14.3 Å². The number of rotatable bonds is 6. The average Bonchev–Trinajstić information content (AvgIpc) is 3.11. The first-order chi connectivity index (χ1) is 15.2. The van der Waals surface area contributed by atoms with Gasteiger partial charge >= 0.3 is 5.97 Å². The number of carbonyl (C=O) groups is 2. The fourth-order valence-electron chi connectivity index (χ4n) is 8.95. The minimum absolute atomic E-state index is 0.0629. The van der Waals surface area contributed by atoms with Crippen LogP contribution in [0.4, 0.5) is 0 Å². The summed E-state index contributed by atoms with van der Waals surface area (Å²) in [5, 5.41) is 11.7. The van der Waals surface area contributed by atoms with Crippen LogP contribution < -0.4 is 0 Å². The van der Waals surface area contributed by atoms with Gasteiger partial charge in [0, 0.05) is 18.8 Å². The molecule has 0 aromatic heterocycles. The van der Waals surface area contributed by atoms with Gasteiger partial charge in [0.1, 0.15) is 0 Å². The zero-order valence-corrected chi connectivity index (χ0v) is 20.9. The summed E-state index contributed by atoms with van der Waals surface area (Å²) in [6.07, 6.45) is 10.2. The first-order valence-electron chi connectivity index (χ1n) is 13.3. The molecule has 3 fully saturated rings. The SMILES string of the molecule is CCOC(=O)CC[C@@H](C)[C@H]1CCC2C3C(CC[C@@]21C)[C@@]1(C)CCC(=O)C=C1[C@H](CC)[C@H]3O. The molecule has 4 heteroatoms. The van der Waals surface area contributed by atoms with E-state index >= 15 is 0 Å². The van der Waals surface area contributed by atoms with Crippen molar-refractivity contribution >= 4 is 11.8 Å². The molecule has 0 aromatic carbocycles. The second-order valence-corrected chi connectivity index (χ2v) is 11.8. The van der Waals surface area contributed by atoms with E-state index in [2.05, 4.69) is 27.7 Å². The van der Waals surface area contributed by atoms with Crippen molar-refractivity contribution in [3.05, 3.63) is 11.6 Å². The summed E-state index contributed by atoms with van der Waals surface area (Å²) in [5.74, 6) is 2.74. The maximum absolute atomic E-state index is 12.3. The van der Waals surface area contributed by atoms with E-state index in [1.165, 1.54) is 24.8 Å². The van der Waals surface area contributed by atoms with Gasteiger partial charge in [-0.3, -0.25) is 9.59 Å². The minimum atomic E-state index is -0.339. The minimum Gasteiger partial charge on any atom is -0.466 e. The van der Waals surface area contributed by atoms with Crippen molar-refractivity contribution in [3.8, 4) is 0 Å². The topological polar surface area (TPSA) is 63.6 Å². The lowest BCUT2D eigenvalue weighted by atomic mass is 9.43. The highest BCUT2D eigenvalue weighted by molar-refractivity contribution is 5.91. The van der Waals surface area contributed by atoms with Crippen molar-refractivity contribution in [1.82, 2.24) is 0 Å². The number of hydrogen-bond donors (Lipinski definition) is 1. The largest absolute Gasteiger partial charge is 0.466 e. The summed E-state index contributed by atoms with van der Waals surface area (Å²) >= 11 is 0. The van der Waals surface area contributed by atoms with Crippen LogP contribution in [0, 0.1) is 46.3 Å². The number of fused-ring (bicyclic) bond motifs is 5. The Kier molecular flexibility index (Phi) is 6.66. The first kappa shape index (κ1) is 24.0. The molecule has 4 nitrogen and oxygen atoms in total. The van der Waals surface area contributed by atoms with Gasteiger partial charge in [0.05, 0.1) is 12.7 Å². The fraction of sp³-hybridized carbons (Fsp3) is 0.857. The van der Waals surface area contributed by atoms with Gasteiger partial charge in [0.15, 0.2) is 5.78 Å². The third-order valence-electron chi connectivity index (χ3n) is 10.5. The Balaban J connectivity index is 1.58. The highest BCUT2D eigenvalue weighted by Crippen LogP contribution is 2.68. The third-order valence-corrected chi connectivity index (χ3v) is 10.5. The molecule has 3 saturated carbocycles. The van der Waals surface area contributed by atoms with Gasteiger partial charge in [0.25, 0.3) is 0 Å². The quantitative estimate of drug-likeness (QED) is 0.532. The lowest BCUT2D eigenvalue weighted by Gasteiger charge is -2.62. The Hall–Kier alpha value is -1.16. The maximum Gasteiger partial charge on any atom is 0.305 e. The zero-order chi connectivity index (χ0) is 23.3. The van der Waals surface area contributed by atoms with Crippen LogP contribution in [0.1, 0.15) is 92.4 Å². The molecule has 4 rings (SSSR count). The van der Waals surface area contributed by atoms with Crippen molar-refractivity contribution in [2.45, 2.75) is 98.5 Å². The molecule has 0 saturated heterocycles. The summed E-state index contributed by atoms with van der Waals surface area (Å²) in [7, 11) is 0. The average molecular weight is 445 g/mol. The molecule has 1 N–H and O–H groups in total. The highest BCUT2D eigenvalue weighted by atomic mass is 16.5. The molecule has 0 aromatic rings. The molecule has 4 aliphatic rings. The predicted octanol–water partition coefficient (Wildman–Crippen LogP) is 5.72. The molecule has 0 spiro atoms.